The molecule has 0 saturated carbocycles. The average Bonchev–Trinajstić information content (AvgIpc) is 3.46. The molecule has 4 amide bonds. The number of phenols is 1. The van der Waals surface area contributed by atoms with Crippen LogP contribution in [0.25, 0.3) is 10.9 Å². The summed E-state index contributed by atoms with van der Waals surface area (Å²) in [5.74, 6) is -0.314. The molecule has 2 fully saturated rings. The summed E-state index contributed by atoms with van der Waals surface area (Å²) >= 11 is 0. The van der Waals surface area contributed by atoms with Crippen LogP contribution in [0.15, 0.2) is 91.6 Å². The Labute approximate surface area is 292 Å². The summed E-state index contributed by atoms with van der Waals surface area (Å²) in [4.78, 5) is 58.9. The van der Waals surface area contributed by atoms with E-state index < -0.39 is 18.2 Å². The minimum absolute atomic E-state index is 0.0755. The van der Waals surface area contributed by atoms with Gasteiger partial charge in [0.25, 0.3) is 0 Å². The Hall–Kier alpha value is -5.42. The van der Waals surface area contributed by atoms with Crippen LogP contribution in [-0.4, -0.2) is 85.0 Å². The molecule has 4 aromatic rings. The third-order valence-corrected chi connectivity index (χ3v) is 9.53. The molecule has 50 heavy (non-hydrogen) atoms. The van der Waals surface area contributed by atoms with Crippen molar-refractivity contribution >= 4 is 34.5 Å². The first-order chi connectivity index (χ1) is 24.2. The van der Waals surface area contributed by atoms with Gasteiger partial charge in [-0.05, 0) is 35.2 Å². The van der Waals surface area contributed by atoms with Gasteiger partial charge in [0.1, 0.15) is 18.0 Å². The summed E-state index contributed by atoms with van der Waals surface area (Å²) in [5, 5.41) is 17.0. The third-order valence-electron chi connectivity index (χ3n) is 9.53. The van der Waals surface area contributed by atoms with Gasteiger partial charge in [-0.1, -0.05) is 80.1 Å². The van der Waals surface area contributed by atoms with E-state index in [4.69, 9.17) is 0 Å². The number of carbonyl (C=O) groups is 4. The number of piperazine rings is 1. The van der Waals surface area contributed by atoms with Crippen molar-refractivity contribution in [2.75, 3.05) is 19.6 Å². The molecule has 0 spiro atoms. The molecular weight excluding hydrogens is 632 g/mol. The number of unbranched alkanes of at least 4 members (excludes halogenated alkanes) is 1. The second-order valence-corrected chi connectivity index (χ2v) is 13.0. The number of benzene rings is 3. The van der Waals surface area contributed by atoms with Crippen molar-refractivity contribution in [3.63, 3.8) is 0 Å². The van der Waals surface area contributed by atoms with Crippen molar-refractivity contribution in [1.29, 1.82) is 0 Å². The van der Waals surface area contributed by atoms with E-state index in [-0.39, 0.29) is 62.5 Å². The number of fused-ring (bicyclic) bond motifs is 2. The van der Waals surface area contributed by atoms with Gasteiger partial charge >= 0.3 is 6.03 Å². The van der Waals surface area contributed by atoms with Crippen LogP contribution >= 0.6 is 0 Å². The minimum atomic E-state index is -0.903. The Morgan fingerprint density at radius 2 is 1.76 bits per heavy atom. The quantitative estimate of drug-likeness (QED) is 0.161. The van der Waals surface area contributed by atoms with E-state index in [1.54, 1.807) is 50.2 Å². The number of ketones is 1. The van der Waals surface area contributed by atoms with E-state index in [1.807, 2.05) is 66.3 Å². The number of amides is 4. The smallest absolute Gasteiger partial charge is 0.334 e. The highest BCUT2D eigenvalue weighted by atomic mass is 16.3. The number of phenolic OH excluding ortho intramolecular Hbond substituents is 1. The number of urea groups is 1. The predicted octanol–water partition coefficient (Wildman–Crippen LogP) is 4.99. The number of para-hydroxylation sites is 1. The average molecular weight is 677 g/mol. The normalized spacial score (nSPS) is 18.0. The van der Waals surface area contributed by atoms with Crippen molar-refractivity contribution in [2.24, 2.45) is 7.05 Å². The number of aryl methyl sites for hydroxylation is 1. The van der Waals surface area contributed by atoms with Crippen LogP contribution in [0, 0.1) is 0 Å². The van der Waals surface area contributed by atoms with E-state index in [1.165, 1.54) is 0 Å². The Balaban J connectivity index is 1.38. The summed E-state index contributed by atoms with van der Waals surface area (Å²) in [6.45, 7) is 6.65. The molecule has 0 bridgehead atoms. The number of Topliss-reactive ketones (excluding diaryl/α,β-unsaturated/α-hetero) is 1. The van der Waals surface area contributed by atoms with Crippen LogP contribution < -0.4 is 5.32 Å². The lowest BCUT2D eigenvalue weighted by molar-refractivity contribution is -0.189. The molecule has 1 aromatic heterocycles. The van der Waals surface area contributed by atoms with Crippen LogP contribution in [0.3, 0.4) is 0 Å². The number of hydrogen-bond acceptors (Lipinski definition) is 6. The highest BCUT2D eigenvalue weighted by Gasteiger charge is 2.51. The Morgan fingerprint density at radius 1 is 1.00 bits per heavy atom. The summed E-state index contributed by atoms with van der Waals surface area (Å²) < 4.78 is 1.94. The van der Waals surface area contributed by atoms with E-state index in [0.29, 0.717) is 12.0 Å². The largest absolute Gasteiger partial charge is 0.508 e. The molecule has 2 atom stereocenters. The molecule has 6 rings (SSSR count). The monoisotopic (exact) mass is 676 g/mol. The van der Waals surface area contributed by atoms with E-state index in [9.17, 15) is 24.3 Å². The van der Waals surface area contributed by atoms with Crippen LogP contribution in [-0.2, 0) is 36.1 Å². The van der Waals surface area contributed by atoms with Crippen molar-refractivity contribution < 1.29 is 24.3 Å². The maximum absolute atomic E-state index is 14.5. The molecule has 2 unspecified atom stereocenters. The topological polar surface area (TPSA) is 118 Å². The number of aromatic hydroxyl groups is 1. The number of carbonyl (C=O) groups excluding carboxylic acids is 4. The third kappa shape index (κ3) is 7.00. The standard InChI is InChI=1S/C39H44N6O5/c1-4-6-15-34(47)32-24-41(3)37-29(13-10-14-31(32)37)23-42-25-35-44(33(38(42)49)21-27-16-18-30(46)19-17-27)36(48)26-43(20-5-2)45(35)39(50)40-22-28-11-8-7-9-12-28/h5,7-14,16-19,24,33,35,46H,2,4,6,15,20-23,25-26H2,1,3H3,(H,40,50). The molecule has 260 valence electrons. The van der Waals surface area contributed by atoms with Gasteiger partial charge in [0, 0.05) is 56.7 Å². The first-order valence-electron chi connectivity index (χ1n) is 17.1. The van der Waals surface area contributed by atoms with Crippen LogP contribution in [0.1, 0.15) is 53.2 Å². The lowest BCUT2D eigenvalue weighted by atomic mass is 9.97. The second-order valence-electron chi connectivity index (χ2n) is 13.0. The maximum atomic E-state index is 14.5. The molecule has 2 aliphatic heterocycles. The number of rotatable bonds is 12. The van der Waals surface area contributed by atoms with E-state index in [0.717, 1.165) is 40.4 Å². The van der Waals surface area contributed by atoms with Gasteiger partial charge in [-0.3, -0.25) is 14.4 Å². The van der Waals surface area contributed by atoms with Gasteiger partial charge < -0.3 is 24.8 Å². The Morgan fingerprint density at radius 3 is 2.48 bits per heavy atom. The fourth-order valence-corrected chi connectivity index (χ4v) is 7.13. The second kappa shape index (κ2) is 15.0. The lowest BCUT2D eigenvalue weighted by Gasteiger charge is -2.55. The summed E-state index contributed by atoms with van der Waals surface area (Å²) in [5.41, 5.74) is 4.08. The highest BCUT2D eigenvalue weighted by molar-refractivity contribution is 6.08. The SMILES string of the molecule is C=CCN1CC(=O)N2C(Cc3ccc(O)cc3)C(=O)N(Cc3cccc4c(C(=O)CCCC)cn(C)c34)CC2N1C(=O)NCc1ccccc1. The molecule has 3 heterocycles. The molecule has 2 saturated heterocycles. The molecule has 11 nitrogen and oxygen atoms in total. The fraction of sp³-hybridized carbons (Fsp3) is 0.333. The Bertz CT molecular complexity index is 1890. The number of hydrogen-bond donors (Lipinski definition) is 2. The highest BCUT2D eigenvalue weighted by Crippen LogP contribution is 2.32. The van der Waals surface area contributed by atoms with Gasteiger partial charge in [-0.25, -0.2) is 14.8 Å². The summed E-state index contributed by atoms with van der Waals surface area (Å²) in [6, 6.07) is 20.7. The fourth-order valence-electron chi connectivity index (χ4n) is 7.13. The van der Waals surface area contributed by atoms with E-state index in [2.05, 4.69) is 18.8 Å². The van der Waals surface area contributed by atoms with Crippen LogP contribution in [0.5, 0.6) is 5.75 Å². The Kier molecular flexibility index (Phi) is 10.3. The molecule has 0 radical (unpaired) electrons. The molecule has 3 aromatic carbocycles. The van der Waals surface area contributed by atoms with Gasteiger partial charge in [0.05, 0.1) is 18.6 Å². The van der Waals surface area contributed by atoms with Gasteiger partial charge in [0.2, 0.25) is 11.8 Å². The molecule has 11 heteroatoms. The predicted molar refractivity (Wildman–Crippen MR) is 191 cm³/mol. The number of nitrogens with zero attached hydrogens (tertiary/aromatic N) is 5. The first-order valence-corrected chi connectivity index (χ1v) is 17.1. The lowest BCUT2D eigenvalue weighted by Crippen LogP contribution is -2.76. The molecule has 0 aliphatic carbocycles. The summed E-state index contributed by atoms with van der Waals surface area (Å²) in [7, 11) is 1.90. The zero-order chi connectivity index (χ0) is 35.4. The number of hydrazine groups is 1. The van der Waals surface area contributed by atoms with Crippen molar-refractivity contribution in [1.82, 2.24) is 29.7 Å². The molecule has 2 N–H and O–H groups in total. The maximum Gasteiger partial charge on any atom is 0.334 e. The van der Waals surface area contributed by atoms with E-state index >= 15 is 0 Å². The van der Waals surface area contributed by atoms with Crippen molar-refractivity contribution in [2.45, 2.75) is 57.9 Å². The minimum Gasteiger partial charge on any atom is -0.508 e. The van der Waals surface area contributed by atoms with Crippen molar-refractivity contribution in [3.8, 4) is 5.75 Å². The first kappa shape index (κ1) is 34.4. The molecule has 2 aliphatic rings. The zero-order valence-electron chi connectivity index (χ0n) is 28.6. The number of nitrogens with one attached hydrogen (secondary N) is 1. The number of aromatic nitrogens is 1. The van der Waals surface area contributed by atoms with Gasteiger partial charge in [0.15, 0.2) is 5.78 Å². The van der Waals surface area contributed by atoms with Crippen molar-refractivity contribution in [3.05, 3.63) is 114 Å². The molecular formula is C39H44N6O5. The van der Waals surface area contributed by atoms with Crippen LogP contribution in [0.2, 0.25) is 0 Å². The van der Waals surface area contributed by atoms with Gasteiger partial charge in [-0.2, -0.15) is 0 Å². The zero-order valence-corrected chi connectivity index (χ0v) is 28.6. The van der Waals surface area contributed by atoms with Crippen LogP contribution in [0.4, 0.5) is 4.79 Å². The van der Waals surface area contributed by atoms with Gasteiger partial charge in [-0.15, -0.1) is 6.58 Å². The summed E-state index contributed by atoms with van der Waals surface area (Å²) in [6.07, 6.45) is 5.12.